The summed E-state index contributed by atoms with van der Waals surface area (Å²) in [5.74, 6) is 1.43. The van der Waals surface area contributed by atoms with E-state index in [1.54, 1.807) is 7.11 Å². The summed E-state index contributed by atoms with van der Waals surface area (Å²) < 4.78 is 15.6. The van der Waals surface area contributed by atoms with Crippen LogP contribution in [0.4, 0.5) is 0 Å². The van der Waals surface area contributed by atoms with E-state index in [0.717, 1.165) is 32.2 Å². The molecule has 21 heavy (non-hydrogen) atoms. The lowest BCUT2D eigenvalue weighted by molar-refractivity contribution is 0.0714. The lowest BCUT2D eigenvalue weighted by atomic mass is 10.1. The fourth-order valence-electron chi connectivity index (χ4n) is 2.07. The highest BCUT2D eigenvalue weighted by atomic mass is 16.5. The Hall–Kier alpha value is -0.980. The number of nitrogens with one attached hydrogen (secondary N) is 1. The number of ether oxygens (including phenoxy) is 2. The lowest BCUT2D eigenvalue weighted by Crippen LogP contribution is -2.31. The van der Waals surface area contributed by atoms with Crippen molar-refractivity contribution in [3.63, 3.8) is 0 Å². The van der Waals surface area contributed by atoms with Crippen molar-refractivity contribution in [2.24, 2.45) is 0 Å². The van der Waals surface area contributed by atoms with Crippen LogP contribution >= 0.6 is 0 Å². The van der Waals surface area contributed by atoms with Gasteiger partial charge in [-0.05, 0) is 19.4 Å². The van der Waals surface area contributed by atoms with Gasteiger partial charge < -0.3 is 19.3 Å². The highest BCUT2D eigenvalue weighted by Crippen LogP contribution is 2.07. The van der Waals surface area contributed by atoms with Gasteiger partial charge in [0.05, 0.1) is 19.8 Å². The van der Waals surface area contributed by atoms with Gasteiger partial charge in [-0.3, -0.25) is 0 Å². The van der Waals surface area contributed by atoms with Crippen molar-refractivity contribution in [3.05, 3.63) is 11.7 Å². The van der Waals surface area contributed by atoms with Crippen LogP contribution in [0.3, 0.4) is 0 Å². The van der Waals surface area contributed by atoms with E-state index >= 15 is 0 Å². The number of aromatic nitrogens is 2. The first-order chi connectivity index (χ1) is 10.3. The van der Waals surface area contributed by atoms with Crippen LogP contribution in [0.5, 0.6) is 0 Å². The fraction of sp³-hybridized carbons (Fsp3) is 0.867. The van der Waals surface area contributed by atoms with E-state index in [9.17, 15) is 0 Å². The van der Waals surface area contributed by atoms with Crippen LogP contribution in [0, 0.1) is 0 Å². The zero-order valence-electron chi connectivity index (χ0n) is 13.6. The van der Waals surface area contributed by atoms with Crippen molar-refractivity contribution in [1.29, 1.82) is 0 Å². The predicted molar refractivity (Wildman–Crippen MR) is 81.4 cm³/mol. The van der Waals surface area contributed by atoms with Crippen molar-refractivity contribution >= 4 is 0 Å². The molecular weight excluding hydrogens is 270 g/mol. The second-order valence-corrected chi connectivity index (χ2v) is 5.10. The van der Waals surface area contributed by atoms with E-state index in [1.807, 2.05) is 0 Å². The average molecular weight is 299 g/mol. The van der Waals surface area contributed by atoms with Crippen LogP contribution in [0.1, 0.15) is 44.8 Å². The molecule has 0 bridgehead atoms. The van der Waals surface area contributed by atoms with Gasteiger partial charge >= 0.3 is 0 Å². The second kappa shape index (κ2) is 11.7. The lowest BCUT2D eigenvalue weighted by Gasteiger charge is -2.15. The van der Waals surface area contributed by atoms with Crippen molar-refractivity contribution < 1.29 is 14.0 Å². The van der Waals surface area contributed by atoms with Crippen LogP contribution in [-0.4, -0.2) is 49.7 Å². The summed E-state index contributed by atoms with van der Waals surface area (Å²) >= 11 is 0. The Morgan fingerprint density at radius 1 is 1.19 bits per heavy atom. The van der Waals surface area contributed by atoms with Crippen molar-refractivity contribution in [3.8, 4) is 0 Å². The topological polar surface area (TPSA) is 69.4 Å². The average Bonchev–Trinajstić information content (AvgIpc) is 2.92. The third-order valence-electron chi connectivity index (χ3n) is 3.15. The molecular formula is C15H29N3O3. The van der Waals surface area contributed by atoms with E-state index < -0.39 is 0 Å². The molecule has 1 atom stereocenters. The Bertz CT molecular complexity index is 358. The molecule has 0 fully saturated rings. The summed E-state index contributed by atoms with van der Waals surface area (Å²) in [5.41, 5.74) is 0. The SMILES string of the molecule is CCCNC(CCC)Cc1nc(CCOCCOC)no1. The molecule has 1 unspecified atom stereocenters. The maximum atomic E-state index is 5.40. The molecule has 1 N–H and O–H groups in total. The molecule has 0 saturated carbocycles. The number of nitrogens with zero attached hydrogens (tertiary/aromatic N) is 2. The Morgan fingerprint density at radius 2 is 2.05 bits per heavy atom. The van der Waals surface area contributed by atoms with E-state index in [-0.39, 0.29) is 0 Å². The maximum Gasteiger partial charge on any atom is 0.228 e. The number of rotatable bonds is 13. The Morgan fingerprint density at radius 3 is 2.76 bits per heavy atom. The first kappa shape index (κ1) is 18.1. The minimum absolute atomic E-state index is 0.418. The standard InChI is InChI=1S/C15H29N3O3/c1-4-6-13(16-8-5-2)12-15-17-14(18-21-15)7-9-20-11-10-19-3/h13,16H,4-12H2,1-3H3. The third-order valence-corrected chi connectivity index (χ3v) is 3.15. The van der Waals surface area contributed by atoms with E-state index in [4.69, 9.17) is 14.0 Å². The largest absolute Gasteiger partial charge is 0.382 e. The van der Waals surface area contributed by atoms with Gasteiger partial charge in [0.2, 0.25) is 5.89 Å². The van der Waals surface area contributed by atoms with Gasteiger partial charge in [-0.2, -0.15) is 4.98 Å². The number of hydrogen-bond donors (Lipinski definition) is 1. The van der Waals surface area contributed by atoms with Crippen LogP contribution < -0.4 is 5.32 Å². The maximum absolute atomic E-state index is 5.40. The molecule has 0 saturated heterocycles. The third kappa shape index (κ3) is 8.14. The van der Waals surface area contributed by atoms with Gasteiger partial charge in [-0.15, -0.1) is 0 Å². The van der Waals surface area contributed by atoms with Crippen molar-refractivity contribution in [2.45, 2.75) is 52.0 Å². The molecule has 1 aromatic heterocycles. The molecule has 1 rings (SSSR count). The summed E-state index contributed by atoms with van der Waals surface area (Å²) in [5, 5.41) is 7.53. The zero-order valence-corrected chi connectivity index (χ0v) is 13.6. The van der Waals surface area contributed by atoms with Crippen molar-refractivity contribution in [1.82, 2.24) is 15.5 Å². The number of methoxy groups -OCH3 is 1. The second-order valence-electron chi connectivity index (χ2n) is 5.10. The molecule has 1 aromatic rings. The number of hydrogen-bond acceptors (Lipinski definition) is 6. The van der Waals surface area contributed by atoms with Gasteiger partial charge in [0.15, 0.2) is 5.82 Å². The molecule has 0 aliphatic carbocycles. The predicted octanol–water partition coefficient (Wildman–Crippen LogP) is 1.99. The quantitative estimate of drug-likeness (QED) is 0.562. The molecule has 6 heteroatoms. The molecule has 0 aromatic carbocycles. The Balaban J connectivity index is 2.31. The summed E-state index contributed by atoms with van der Waals surface area (Å²) in [7, 11) is 1.66. The zero-order chi connectivity index (χ0) is 15.3. The first-order valence-corrected chi connectivity index (χ1v) is 7.91. The van der Waals surface area contributed by atoms with Gasteiger partial charge in [0.1, 0.15) is 0 Å². The van der Waals surface area contributed by atoms with Gasteiger partial charge in [-0.25, -0.2) is 0 Å². The molecule has 0 amide bonds. The van der Waals surface area contributed by atoms with E-state index in [0.29, 0.717) is 44.0 Å². The molecule has 122 valence electrons. The Kier molecular flexibility index (Phi) is 10.0. The molecule has 0 radical (unpaired) electrons. The highest BCUT2D eigenvalue weighted by Gasteiger charge is 2.13. The molecule has 1 heterocycles. The minimum atomic E-state index is 0.418. The monoisotopic (exact) mass is 299 g/mol. The van der Waals surface area contributed by atoms with Gasteiger partial charge in [-0.1, -0.05) is 25.4 Å². The van der Waals surface area contributed by atoms with Crippen LogP contribution in [0.25, 0.3) is 0 Å². The summed E-state index contributed by atoms with van der Waals surface area (Å²) in [6.07, 6.45) is 4.88. The first-order valence-electron chi connectivity index (χ1n) is 7.91. The van der Waals surface area contributed by atoms with Crippen molar-refractivity contribution in [2.75, 3.05) is 33.5 Å². The molecule has 6 nitrogen and oxygen atoms in total. The molecule has 0 aliphatic heterocycles. The summed E-state index contributed by atoms with van der Waals surface area (Å²) in [4.78, 5) is 4.43. The van der Waals surface area contributed by atoms with E-state index in [2.05, 4.69) is 29.3 Å². The minimum Gasteiger partial charge on any atom is -0.382 e. The highest BCUT2D eigenvalue weighted by molar-refractivity contribution is 4.90. The van der Waals surface area contributed by atoms with Crippen LogP contribution in [0.15, 0.2) is 4.52 Å². The normalized spacial score (nSPS) is 12.7. The van der Waals surface area contributed by atoms with Crippen LogP contribution in [-0.2, 0) is 22.3 Å². The smallest absolute Gasteiger partial charge is 0.228 e. The Labute approximate surface area is 127 Å². The summed E-state index contributed by atoms with van der Waals surface area (Å²) in [6, 6.07) is 0.418. The van der Waals surface area contributed by atoms with Gasteiger partial charge in [0, 0.05) is 26.0 Å². The molecule has 0 aliphatic rings. The summed E-state index contributed by atoms with van der Waals surface area (Å²) in [6.45, 7) is 7.19. The molecule has 0 spiro atoms. The van der Waals surface area contributed by atoms with Gasteiger partial charge in [0.25, 0.3) is 0 Å². The van der Waals surface area contributed by atoms with E-state index in [1.165, 1.54) is 0 Å². The fourth-order valence-corrected chi connectivity index (χ4v) is 2.07. The van der Waals surface area contributed by atoms with Crippen LogP contribution in [0.2, 0.25) is 0 Å².